The number of carbonyl (C=O) groups is 2. The van der Waals surface area contributed by atoms with Gasteiger partial charge in [-0.15, -0.1) is 5.10 Å². The Morgan fingerprint density at radius 2 is 2.15 bits per heavy atom. The summed E-state index contributed by atoms with van der Waals surface area (Å²) in [5, 5.41) is 10.5. The number of nitrogens with one attached hydrogen (secondary N) is 1. The number of hydrogen-bond acceptors (Lipinski definition) is 6. The van der Waals surface area contributed by atoms with Crippen molar-refractivity contribution in [2.24, 2.45) is 10.2 Å². The van der Waals surface area contributed by atoms with Crippen molar-refractivity contribution in [2.45, 2.75) is 37.4 Å². The van der Waals surface area contributed by atoms with Crippen LogP contribution < -0.4 is 5.32 Å². The molecule has 2 aromatic rings. The largest absolute Gasteiger partial charge is 0.463 e. The average Bonchev–Trinajstić information content (AvgIpc) is 3.31. The molecule has 2 aliphatic rings. The molecule has 1 N–H and O–H groups in total. The molecular weight excluding hydrogens is 362 g/mol. The molecule has 4 rings (SSSR count). The van der Waals surface area contributed by atoms with Gasteiger partial charge in [-0.3, -0.25) is 9.59 Å². The molecule has 0 spiro atoms. The molecular formula is C20H19N3O3S. The van der Waals surface area contributed by atoms with Crippen molar-refractivity contribution < 1.29 is 14.0 Å². The number of amides is 1. The number of thioether (sulfide) groups is 1. The van der Waals surface area contributed by atoms with E-state index in [0.29, 0.717) is 10.9 Å². The minimum atomic E-state index is -0.477. The molecule has 2 heterocycles. The van der Waals surface area contributed by atoms with Crippen LogP contribution in [0.5, 0.6) is 0 Å². The monoisotopic (exact) mass is 381 g/mol. The fourth-order valence-electron chi connectivity index (χ4n) is 3.41. The number of benzene rings is 1. The van der Waals surface area contributed by atoms with Crippen molar-refractivity contribution in [1.82, 2.24) is 5.32 Å². The fourth-order valence-corrected chi connectivity index (χ4v) is 4.33. The normalized spacial score (nSPS) is 20.8. The Bertz CT molecular complexity index is 919. The summed E-state index contributed by atoms with van der Waals surface area (Å²) in [6.07, 6.45) is 7.42. The lowest BCUT2D eigenvalue weighted by molar-refractivity contribution is -0.118. The molecule has 1 aliphatic heterocycles. The lowest BCUT2D eigenvalue weighted by Crippen LogP contribution is -2.26. The van der Waals surface area contributed by atoms with Crippen LogP contribution in [-0.2, 0) is 17.6 Å². The highest BCUT2D eigenvalue weighted by molar-refractivity contribution is 8.15. The van der Waals surface area contributed by atoms with E-state index in [1.807, 2.05) is 12.1 Å². The van der Waals surface area contributed by atoms with Gasteiger partial charge in [0.2, 0.25) is 5.91 Å². The van der Waals surface area contributed by atoms with Gasteiger partial charge in [-0.1, -0.05) is 30.0 Å². The summed E-state index contributed by atoms with van der Waals surface area (Å²) in [4.78, 5) is 25.0. The molecule has 1 amide bonds. The Kier molecular flexibility index (Phi) is 5.20. The van der Waals surface area contributed by atoms with E-state index in [-0.39, 0.29) is 18.1 Å². The van der Waals surface area contributed by atoms with Crippen LogP contribution in [0.2, 0.25) is 0 Å². The van der Waals surface area contributed by atoms with Crippen molar-refractivity contribution >= 4 is 34.8 Å². The molecule has 1 aliphatic carbocycles. The molecule has 1 atom stereocenters. The Morgan fingerprint density at radius 3 is 3.00 bits per heavy atom. The van der Waals surface area contributed by atoms with Gasteiger partial charge in [0.05, 0.1) is 17.7 Å². The van der Waals surface area contributed by atoms with E-state index in [9.17, 15) is 9.59 Å². The molecule has 0 saturated carbocycles. The number of nitrogens with zero attached hydrogens (tertiary/aromatic N) is 2. The Labute approximate surface area is 161 Å². The number of ketones is 1. The van der Waals surface area contributed by atoms with E-state index in [0.717, 1.165) is 30.4 Å². The van der Waals surface area contributed by atoms with Crippen LogP contribution in [0.15, 0.2) is 51.2 Å². The molecule has 1 saturated heterocycles. The molecule has 0 radical (unpaired) electrons. The molecule has 0 bridgehead atoms. The predicted molar refractivity (Wildman–Crippen MR) is 105 cm³/mol. The van der Waals surface area contributed by atoms with Crippen molar-refractivity contribution in [3.05, 3.63) is 59.0 Å². The first kappa shape index (κ1) is 17.7. The predicted octanol–water partition coefficient (Wildman–Crippen LogP) is 3.35. The second kappa shape index (κ2) is 7.92. The third kappa shape index (κ3) is 4.03. The van der Waals surface area contributed by atoms with E-state index in [1.54, 1.807) is 18.4 Å². The van der Waals surface area contributed by atoms with Gasteiger partial charge < -0.3 is 9.73 Å². The zero-order chi connectivity index (χ0) is 18.6. The van der Waals surface area contributed by atoms with Gasteiger partial charge in [0.25, 0.3) is 0 Å². The fraction of sp³-hybridized carbons (Fsp3) is 0.300. The quantitative estimate of drug-likeness (QED) is 0.489. The molecule has 27 heavy (non-hydrogen) atoms. The SMILES string of the molecule is O=C(CC1S/C(=N/N=C/c2ccco2)NC1=O)c1cccc2c1CCCC2. The van der Waals surface area contributed by atoms with E-state index in [4.69, 9.17) is 4.42 Å². The third-order valence-electron chi connectivity index (χ3n) is 4.72. The van der Waals surface area contributed by atoms with Gasteiger partial charge in [-0.25, -0.2) is 0 Å². The van der Waals surface area contributed by atoms with Crippen LogP contribution in [0.3, 0.4) is 0 Å². The van der Waals surface area contributed by atoms with Crippen LogP contribution in [0.4, 0.5) is 0 Å². The number of carbonyl (C=O) groups excluding carboxylic acids is 2. The van der Waals surface area contributed by atoms with Gasteiger partial charge in [0.1, 0.15) is 5.76 Å². The first-order chi connectivity index (χ1) is 13.2. The van der Waals surface area contributed by atoms with Gasteiger partial charge in [-0.2, -0.15) is 5.10 Å². The van der Waals surface area contributed by atoms with Gasteiger partial charge in [-0.05, 0) is 48.9 Å². The molecule has 1 aromatic carbocycles. The Balaban J connectivity index is 1.42. The number of fused-ring (bicyclic) bond motifs is 1. The smallest absolute Gasteiger partial charge is 0.240 e. The first-order valence-corrected chi connectivity index (χ1v) is 9.84. The molecule has 1 fully saturated rings. The first-order valence-electron chi connectivity index (χ1n) is 8.97. The minimum absolute atomic E-state index is 0.0155. The number of furan rings is 1. The van der Waals surface area contributed by atoms with Crippen molar-refractivity contribution in [1.29, 1.82) is 0 Å². The average molecular weight is 381 g/mol. The van der Waals surface area contributed by atoms with E-state index < -0.39 is 5.25 Å². The highest BCUT2D eigenvalue weighted by atomic mass is 32.2. The number of aryl methyl sites for hydroxylation is 1. The van der Waals surface area contributed by atoms with Crippen LogP contribution in [0.25, 0.3) is 0 Å². The summed E-state index contributed by atoms with van der Waals surface area (Å²) in [6, 6.07) is 9.43. The van der Waals surface area contributed by atoms with Crippen molar-refractivity contribution in [2.75, 3.05) is 0 Å². The minimum Gasteiger partial charge on any atom is -0.463 e. The van der Waals surface area contributed by atoms with E-state index >= 15 is 0 Å². The zero-order valence-corrected chi connectivity index (χ0v) is 15.5. The van der Waals surface area contributed by atoms with E-state index in [1.165, 1.54) is 30.0 Å². The van der Waals surface area contributed by atoms with Crippen LogP contribution in [-0.4, -0.2) is 28.3 Å². The Morgan fingerprint density at radius 1 is 1.26 bits per heavy atom. The zero-order valence-electron chi connectivity index (χ0n) is 14.7. The number of rotatable bonds is 5. The lowest BCUT2D eigenvalue weighted by Gasteiger charge is -2.19. The molecule has 138 valence electrons. The van der Waals surface area contributed by atoms with Gasteiger partial charge >= 0.3 is 0 Å². The van der Waals surface area contributed by atoms with Crippen molar-refractivity contribution in [3.8, 4) is 0 Å². The summed E-state index contributed by atoms with van der Waals surface area (Å²) in [5.41, 5.74) is 3.20. The summed E-state index contributed by atoms with van der Waals surface area (Å²) in [7, 11) is 0. The molecule has 6 nitrogen and oxygen atoms in total. The highest BCUT2D eigenvalue weighted by Crippen LogP contribution is 2.28. The summed E-state index contributed by atoms with van der Waals surface area (Å²) in [5.74, 6) is 0.390. The number of hydrogen-bond donors (Lipinski definition) is 1. The second-order valence-corrected chi connectivity index (χ2v) is 7.73. The van der Waals surface area contributed by atoms with Gasteiger partial charge in [0, 0.05) is 12.0 Å². The second-order valence-electron chi connectivity index (χ2n) is 6.54. The topological polar surface area (TPSA) is 84.0 Å². The van der Waals surface area contributed by atoms with Crippen LogP contribution in [0, 0.1) is 0 Å². The highest BCUT2D eigenvalue weighted by Gasteiger charge is 2.33. The van der Waals surface area contributed by atoms with Crippen LogP contribution in [0.1, 0.15) is 46.5 Å². The molecule has 7 heteroatoms. The van der Waals surface area contributed by atoms with Gasteiger partial charge in [0.15, 0.2) is 11.0 Å². The van der Waals surface area contributed by atoms with Crippen molar-refractivity contribution in [3.63, 3.8) is 0 Å². The van der Waals surface area contributed by atoms with Crippen LogP contribution >= 0.6 is 11.8 Å². The Hall–Kier alpha value is -2.67. The lowest BCUT2D eigenvalue weighted by atomic mass is 9.86. The molecule has 1 unspecified atom stereocenters. The summed E-state index contributed by atoms with van der Waals surface area (Å²) >= 11 is 1.24. The number of Topliss-reactive ketones (excluding diaryl/α,β-unsaturated/α-hetero) is 1. The third-order valence-corrected chi connectivity index (χ3v) is 5.79. The molecule has 1 aromatic heterocycles. The standard InChI is InChI=1S/C20H19N3O3S/c24-17(16-9-3-6-13-5-1-2-8-15(13)16)11-18-19(25)22-20(27-18)23-21-12-14-7-4-10-26-14/h3-4,6-7,9-10,12,18H,1-2,5,8,11H2,(H,22,23,25)/b21-12+. The maximum atomic E-state index is 12.8. The summed E-state index contributed by atoms with van der Waals surface area (Å²) < 4.78 is 5.13. The maximum Gasteiger partial charge on any atom is 0.240 e. The number of amidine groups is 1. The maximum absolute atomic E-state index is 12.8. The summed E-state index contributed by atoms with van der Waals surface area (Å²) in [6.45, 7) is 0. The van der Waals surface area contributed by atoms with E-state index in [2.05, 4.69) is 21.6 Å².